The van der Waals surface area contributed by atoms with Crippen molar-refractivity contribution in [2.45, 2.75) is 64.6 Å². The van der Waals surface area contributed by atoms with Gasteiger partial charge in [0.15, 0.2) is 5.79 Å². The van der Waals surface area contributed by atoms with Gasteiger partial charge in [-0.2, -0.15) is 0 Å². The molecule has 1 rings (SSSR count). The number of rotatable bonds is 8. The van der Waals surface area contributed by atoms with E-state index < -0.39 is 30.1 Å². The van der Waals surface area contributed by atoms with Crippen LogP contribution in [0.15, 0.2) is 12.2 Å². The van der Waals surface area contributed by atoms with Gasteiger partial charge < -0.3 is 24.1 Å². The van der Waals surface area contributed by atoms with Crippen LogP contribution in [0.3, 0.4) is 0 Å². The molecule has 132 valence electrons. The minimum Gasteiger partial charge on any atom is -0.466 e. The Labute approximate surface area is 136 Å². The zero-order chi connectivity index (χ0) is 17.5. The number of carbonyl (C=O) groups excluding carboxylic acids is 2. The van der Waals surface area contributed by atoms with Crippen molar-refractivity contribution in [3.05, 3.63) is 12.2 Å². The molecule has 0 unspecified atom stereocenters. The van der Waals surface area contributed by atoms with E-state index in [9.17, 15) is 14.7 Å². The van der Waals surface area contributed by atoms with Gasteiger partial charge in [0, 0.05) is 0 Å². The molecule has 0 radical (unpaired) electrons. The van der Waals surface area contributed by atoms with Gasteiger partial charge in [-0.15, -0.1) is 0 Å². The van der Waals surface area contributed by atoms with Gasteiger partial charge in [0.05, 0.1) is 32.2 Å². The molecule has 7 nitrogen and oxygen atoms in total. The third-order valence-corrected chi connectivity index (χ3v) is 3.14. The zero-order valence-corrected chi connectivity index (χ0v) is 14.1. The molecule has 0 spiro atoms. The summed E-state index contributed by atoms with van der Waals surface area (Å²) >= 11 is 0. The number of ether oxygens (including phenoxy) is 4. The lowest BCUT2D eigenvalue weighted by Crippen LogP contribution is -2.36. The van der Waals surface area contributed by atoms with Crippen LogP contribution < -0.4 is 0 Å². The maximum absolute atomic E-state index is 11.5. The highest BCUT2D eigenvalue weighted by Gasteiger charge is 2.44. The van der Waals surface area contributed by atoms with Crippen LogP contribution in [-0.4, -0.2) is 54.4 Å². The standard InChI is InChI=1S/C16H26O7/c1-5-20-13(18)9-7-8-12-15(23-16(3,4)22-12)11(17)10-14(19)21-6-2/h7-8,11-12,15,17H,5-6,9-10H2,1-4H3/b8-7+/t11-,12+,15-/m1/s1. The van der Waals surface area contributed by atoms with Crippen molar-refractivity contribution < 1.29 is 33.6 Å². The minimum atomic E-state index is -1.06. The predicted molar refractivity (Wildman–Crippen MR) is 81.5 cm³/mol. The van der Waals surface area contributed by atoms with Crippen LogP contribution in [0, 0.1) is 0 Å². The van der Waals surface area contributed by atoms with Gasteiger partial charge in [-0.1, -0.05) is 12.2 Å². The first-order valence-corrected chi connectivity index (χ1v) is 7.80. The lowest BCUT2D eigenvalue weighted by molar-refractivity contribution is -0.160. The molecule has 1 N–H and O–H groups in total. The summed E-state index contributed by atoms with van der Waals surface area (Å²) in [5, 5.41) is 10.2. The molecule has 1 fully saturated rings. The van der Waals surface area contributed by atoms with Gasteiger partial charge in [0.25, 0.3) is 0 Å². The fourth-order valence-electron chi connectivity index (χ4n) is 2.29. The molecule has 0 aromatic rings. The van der Waals surface area contributed by atoms with Crippen molar-refractivity contribution in [3.63, 3.8) is 0 Å². The molecule has 0 aromatic carbocycles. The van der Waals surface area contributed by atoms with E-state index in [-0.39, 0.29) is 25.4 Å². The summed E-state index contributed by atoms with van der Waals surface area (Å²) in [6.45, 7) is 7.45. The van der Waals surface area contributed by atoms with Crippen LogP contribution >= 0.6 is 0 Å². The highest BCUT2D eigenvalue weighted by Crippen LogP contribution is 2.31. The third-order valence-electron chi connectivity index (χ3n) is 3.14. The van der Waals surface area contributed by atoms with E-state index in [0.717, 1.165) is 0 Å². The molecular formula is C16H26O7. The fraction of sp³-hybridized carbons (Fsp3) is 0.750. The maximum atomic E-state index is 11.5. The summed E-state index contributed by atoms with van der Waals surface area (Å²) in [5.74, 6) is -1.73. The topological polar surface area (TPSA) is 91.3 Å². The molecule has 1 aliphatic heterocycles. The first-order valence-electron chi connectivity index (χ1n) is 7.80. The Bertz CT molecular complexity index is 430. The largest absolute Gasteiger partial charge is 0.466 e. The van der Waals surface area contributed by atoms with Crippen LogP contribution in [0.5, 0.6) is 0 Å². The minimum absolute atomic E-state index is 0.106. The van der Waals surface area contributed by atoms with Crippen LogP contribution in [0.25, 0.3) is 0 Å². The number of hydrogen-bond donors (Lipinski definition) is 1. The normalized spacial score (nSPS) is 24.6. The smallest absolute Gasteiger partial charge is 0.309 e. The van der Waals surface area contributed by atoms with E-state index >= 15 is 0 Å². The average molecular weight is 330 g/mol. The molecule has 3 atom stereocenters. The SMILES string of the molecule is CCOC(=O)C/C=C/[C@@H]1OC(C)(C)O[C@@H]1[C@H](O)CC(=O)OCC. The number of aliphatic hydroxyl groups excluding tert-OH is 1. The molecule has 0 aromatic heterocycles. The highest BCUT2D eigenvalue weighted by atomic mass is 16.8. The Balaban J connectivity index is 2.65. The summed E-state index contributed by atoms with van der Waals surface area (Å²) in [7, 11) is 0. The van der Waals surface area contributed by atoms with Crippen molar-refractivity contribution >= 4 is 11.9 Å². The van der Waals surface area contributed by atoms with Crippen LogP contribution in [-0.2, 0) is 28.5 Å². The van der Waals surface area contributed by atoms with Crippen LogP contribution in [0.4, 0.5) is 0 Å². The first kappa shape index (κ1) is 19.6. The van der Waals surface area contributed by atoms with Gasteiger partial charge in [-0.05, 0) is 27.7 Å². The number of carbonyl (C=O) groups is 2. The second-order valence-electron chi connectivity index (χ2n) is 5.58. The zero-order valence-electron chi connectivity index (χ0n) is 14.1. The molecule has 1 heterocycles. The molecule has 0 saturated carbocycles. The summed E-state index contributed by atoms with van der Waals surface area (Å²) < 4.78 is 21.0. The number of aliphatic hydroxyl groups is 1. The van der Waals surface area contributed by atoms with Gasteiger partial charge >= 0.3 is 11.9 Å². The number of hydrogen-bond acceptors (Lipinski definition) is 7. The lowest BCUT2D eigenvalue weighted by atomic mass is 10.0. The second kappa shape index (κ2) is 9.00. The molecule has 0 bridgehead atoms. The van der Waals surface area contributed by atoms with Crippen molar-refractivity contribution in [1.82, 2.24) is 0 Å². The Kier molecular flexibility index (Phi) is 7.67. The summed E-state index contributed by atoms with van der Waals surface area (Å²) in [5.41, 5.74) is 0. The Hall–Kier alpha value is -1.44. The molecule has 1 aliphatic rings. The van der Waals surface area contributed by atoms with Crippen molar-refractivity contribution in [2.24, 2.45) is 0 Å². The first-order chi connectivity index (χ1) is 10.8. The van der Waals surface area contributed by atoms with Crippen LogP contribution in [0.2, 0.25) is 0 Å². The lowest BCUT2D eigenvalue weighted by Gasteiger charge is -2.20. The third kappa shape index (κ3) is 6.68. The van der Waals surface area contributed by atoms with Gasteiger partial charge in [0.2, 0.25) is 0 Å². The van der Waals surface area contributed by atoms with E-state index in [4.69, 9.17) is 18.9 Å². The summed E-state index contributed by atoms with van der Waals surface area (Å²) in [4.78, 5) is 22.8. The molecule has 1 saturated heterocycles. The van der Waals surface area contributed by atoms with E-state index in [1.165, 1.54) is 0 Å². The van der Waals surface area contributed by atoms with Crippen molar-refractivity contribution in [3.8, 4) is 0 Å². The number of esters is 2. The molecule has 23 heavy (non-hydrogen) atoms. The quantitative estimate of drug-likeness (QED) is 0.530. The molecule has 0 aliphatic carbocycles. The van der Waals surface area contributed by atoms with E-state index in [1.807, 2.05) is 0 Å². The molecular weight excluding hydrogens is 304 g/mol. The Morgan fingerprint density at radius 3 is 2.39 bits per heavy atom. The van der Waals surface area contributed by atoms with Crippen molar-refractivity contribution in [1.29, 1.82) is 0 Å². The monoisotopic (exact) mass is 330 g/mol. The van der Waals surface area contributed by atoms with Crippen molar-refractivity contribution in [2.75, 3.05) is 13.2 Å². The Morgan fingerprint density at radius 1 is 1.17 bits per heavy atom. The van der Waals surface area contributed by atoms with E-state index in [1.54, 1.807) is 39.8 Å². The predicted octanol–water partition coefficient (Wildman–Crippen LogP) is 1.33. The van der Waals surface area contributed by atoms with Gasteiger partial charge in [-0.3, -0.25) is 9.59 Å². The maximum Gasteiger partial charge on any atom is 0.309 e. The van der Waals surface area contributed by atoms with E-state index in [0.29, 0.717) is 6.61 Å². The average Bonchev–Trinajstić information content (AvgIpc) is 2.74. The van der Waals surface area contributed by atoms with Gasteiger partial charge in [0.1, 0.15) is 12.2 Å². The second-order valence-corrected chi connectivity index (χ2v) is 5.58. The van der Waals surface area contributed by atoms with E-state index in [2.05, 4.69) is 0 Å². The van der Waals surface area contributed by atoms with Crippen LogP contribution in [0.1, 0.15) is 40.5 Å². The van der Waals surface area contributed by atoms with Gasteiger partial charge in [-0.25, -0.2) is 0 Å². The summed E-state index contributed by atoms with van der Waals surface area (Å²) in [6, 6.07) is 0. The molecule has 7 heteroatoms. The Morgan fingerprint density at radius 2 is 1.78 bits per heavy atom. The molecule has 0 amide bonds. The fourth-order valence-corrected chi connectivity index (χ4v) is 2.29. The highest BCUT2D eigenvalue weighted by molar-refractivity contribution is 5.71. The summed E-state index contributed by atoms with van der Waals surface area (Å²) in [6.07, 6.45) is 0.835.